The molecule has 4 heteroatoms. The molecule has 2 rings (SSSR count). The van der Waals surface area contributed by atoms with Crippen molar-refractivity contribution in [3.05, 3.63) is 18.2 Å². The lowest BCUT2D eigenvalue weighted by atomic mass is 10.1. The molecule has 112 valence electrons. The second-order valence-corrected chi connectivity index (χ2v) is 5.85. The standard InChI is InChI=1S/C16H27N3O/c1-4-19-8-7-13(11-19)10-18-14-5-6-15(17)16(9-14)20-12(2)3/h5-6,9,12-13,18H,4,7-8,10-11,17H2,1-3H3. The van der Waals surface area contributed by atoms with Gasteiger partial charge in [0.15, 0.2) is 0 Å². The summed E-state index contributed by atoms with van der Waals surface area (Å²) in [6.45, 7) is 10.9. The predicted octanol–water partition coefficient (Wildman–Crippen LogP) is 2.81. The van der Waals surface area contributed by atoms with Crippen molar-refractivity contribution in [2.45, 2.75) is 33.3 Å². The van der Waals surface area contributed by atoms with E-state index in [0.29, 0.717) is 5.69 Å². The molecule has 20 heavy (non-hydrogen) atoms. The molecule has 1 aromatic rings. The van der Waals surface area contributed by atoms with Gasteiger partial charge in [0.25, 0.3) is 0 Å². The van der Waals surface area contributed by atoms with Crippen molar-refractivity contribution in [2.75, 3.05) is 37.2 Å². The highest BCUT2D eigenvalue weighted by atomic mass is 16.5. The zero-order valence-electron chi connectivity index (χ0n) is 12.9. The zero-order chi connectivity index (χ0) is 14.5. The Morgan fingerprint density at radius 2 is 2.25 bits per heavy atom. The normalized spacial score (nSPS) is 19.5. The number of benzene rings is 1. The maximum atomic E-state index is 5.93. The van der Waals surface area contributed by atoms with Crippen molar-refractivity contribution in [3.63, 3.8) is 0 Å². The van der Waals surface area contributed by atoms with E-state index in [4.69, 9.17) is 10.5 Å². The average Bonchev–Trinajstić information content (AvgIpc) is 2.87. The fraction of sp³-hybridized carbons (Fsp3) is 0.625. The Kier molecular flexibility index (Phi) is 5.12. The van der Waals surface area contributed by atoms with E-state index in [9.17, 15) is 0 Å². The number of nitrogens with zero attached hydrogens (tertiary/aromatic N) is 1. The molecule has 1 aliphatic heterocycles. The van der Waals surface area contributed by atoms with E-state index in [-0.39, 0.29) is 6.10 Å². The molecule has 4 nitrogen and oxygen atoms in total. The monoisotopic (exact) mass is 277 g/mol. The molecular formula is C16H27N3O. The van der Waals surface area contributed by atoms with Gasteiger partial charge >= 0.3 is 0 Å². The molecule has 0 aromatic heterocycles. The first-order valence-electron chi connectivity index (χ1n) is 7.61. The zero-order valence-corrected chi connectivity index (χ0v) is 12.9. The number of nitrogen functional groups attached to an aromatic ring is 1. The Bertz CT molecular complexity index is 434. The van der Waals surface area contributed by atoms with E-state index in [1.54, 1.807) is 0 Å². The molecule has 1 atom stereocenters. The first-order valence-corrected chi connectivity index (χ1v) is 7.61. The molecule has 1 heterocycles. The number of rotatable bonds is 6. The van der Waals surface area contributed by atoms with Gasteiger partial charge in [-0.2, -0.15) is 0 Å². The highest BCUT2D eigenvalue weighted by molar-refractivity contribution is 5.61. The molecule has 1 aliphatic rings. The van der Waals surface area contributed by atoms with E-state index in [0.717, 1.165) is 30.4 Å². The van der Waals surface area contributed by atoms with Gasteiger partial charge in [-0.3, -0.25) is 0 Å². The van der Waals surface area contributed by atoms with Crippen LogP contribution in [0, 0.1) is 5.92 Å². The lowest BCUT2D eigenvalue weighted by Crippen LogP contribution is -2.22. The molecule has 1 saturated heterocycles. The van der Waals surface area contributed by atoms with Gasteiger partial charge < -0.3 is 20.7 Å². The quantitative estimate of drug-likeness (QED) is 0.785. The third-order valence-corrected chi connectivity index (χ3v) is 3.79. The van der Waals surface area contributed by atoms with Crippen molar-refractivity contribution in [3.8, 4) is 5.75 Å². The molecule has 0 bridgehead atoms. The van der Waals surface area contributed by atoms with Gasteiger partial charge in [0.05, 0.1) is 11.8 Å². The Balaban J connectivity index is 1.90. The van der Waals surface area contributed by atoms with Gasteiger partial charge in [-0.1, -0.05) is 6.92 Å². The minimum Gasteiger partial charge on any atom is -0.489 e. The van der Waals surface area contributed by atoms with Crippen LogP contribution in [0.2, 0.25) is 0 Å². The van der Waals surface area contributed by atoms with E-state index in [1.807, 2.05) is 32.0 Å². The topological polar surface area (TPSA) is 50.5 Å². The van der Waals surface area contributed by atoms with Crippen LogP contribution in [0.4, 0.5) is 11.4 Å². The number of ether oxygens (including phenoxy) is 1. The molecule has 0 spiro atoms. The SMILES string of the molecule is CCN1CCC(CNc2ccc(N)c(OC(C)C)c2)C1. The number of likely N-dealkylation sites (tertiary alicyclic amines) is 1. The Labute approximate surface area is 122 Å². The maximum Gasteiger partial charge on any atom is 0.144 e. The van der Waals surface area contributed by atoms with Gasteiger partial charge in [-0.25, -0.2) is 0 Å². The summed E-state index contributed by atoms with van der Waals surface area (Å²) in [5.41, 5.74) is 7.72. The highest BCUT2D eigenvalue weighted by Crippen LogP contribution is 2.27. The molecular weight excluding hydrogens is 250 g/mol. The van der Waals surface area contributed by atoms with Crippen LogP contribution in [0.5, 0.6) is 5.75 Å². The van der Waals surface area contributed by atoms with Gasteiger partial charge in [-0.05, 0) is 51.4 Å². The van der Waals surface area contributed by atoms with Crippen molar-refractivity contribution in [1.29, 1.82) is 0 Å². The fourth-order valence-electron chi connectivity index (χ4n) is 2.63. The summed E-state index contributed by atoms with van der Waals surface area (Å²) >= 11 is 0. The fourth-order valence-corrected chi connectivity index (χ4v) is 2.63. The summed E-state index contributed by atoms with van der Waals surface area (Å²) in [4.78, 5) is 2.50. The van der Waals surface area contributed by atoms with Crippen LogP contribution in [-0.2, 0) is 0 Å². The number of hydrogen-bond acceptors (Lipinski definition) is 4. The molecule has 3 N–H and O–H groups in total. The Morgan fingerprint density at radius 1 is 1.45 bits per heavy atom. The van der Waals surface area contributed by atoms with Crippen molar-refractivity contribution in [2.24, 2.45) is 5.92 Å². The third kappa shape index (κ3) is 4.04. The van der Waals surface area contributed by atoms with Gasteiger partial charge in [-0.15, -0.1) is 0 Å². The number of nitrogens with one attached hydrogen (secondary N) is 1. The average molecular weight is 277 g/mol. The van der Waals surface area contributed by atoms with Crippen LogP contribution in [0.1, 0.15) is 27.2 Å². The molecule has 0 saturated carbocycles. The summed E-state index contributed by atoms with van der Waals surface area (Å²) < 4.78 is 5.72. The molecule has 0 amide bonds. The second-order valence-electron chi connectivity index (χ2n) is 5.85. The van der Waals surface area contributed by atoms with E-state index in [1.165, 1.54) is 19.5 Å². The van der Waals surface area contributed by atoms with E-state index in [2.05, 4.69) is 17.1 Å². The molecule has 1 fully saturated rings. The number of hydrogen-bond donors (Lipinski definition) is 2. The van der Waals surface area contributed by atoms with Crippen LogP contribution >= 0.6 is 0 Å². The minimum atomic E-state index is 0.139. The second kappa shape index (κ2) is 6.84. The first kappa shape index (κ1) is 15.0. The van der Waals surface area contributed by atoms with Crippen LogP contribution in [0.25, 0.3) is 0 Å². The summed E-state index contributed by atoms with van der Waals surface area (Å²) in [5.74, 6) is 1.51. The lowest BCUT2D eigenvalue weighted by molar-refractivity contribution is 0.244. The highest BCUT2D eigenvalue weighted by Gasteiger charge is 2.20. The summed E-state index contributed by atoms with van der Waals surface area (Å²) in [6.07, 6.45) is 1.42. The van der Waals surface area contributed by atoms with Gasteiger partial charge in [0.1, 0.15) is 5.75 Å². The van der Waals surface area contributed by atoms with Crippen LogP contribution in [0.15, 0.2) is 18.2 Å². The maximum absolute atomic E-state index is 5.93. The third-order valence-electron chi connectivity index (χ3n) is 3.79. The van der Waals surface area contributed by atoms with E-state index < -0.39 is 0 Å². The van der Waals surface area contributed by atoms with Gasteiger partial charge in [0.2, 0.25) is 0 Å². The molecule has 1 aromatic carbocycles. The molecule has 0 radical (unpaired) electrons. The summed E-state index contributed by atoms with van der Waals surface area (Å²) in [6, 6.07) is 5.93. The van der Waals surface area contributed by atoms with Crippen LogP contribution < -0.4 is 15.8 Å². The predicted molar refractivity (Wildman–Crippen MR) is 85.3 cm³/mol. The van der Waals surface area contributed by atoms with Gasteiger partial charge in [0, 0.05) is 24.8 Å². The first-order chi connectivity index (χ1) is 9.58. The van der Waals surface area contributed by atoms with E-state index >= 15 is 0 Å². The molecule has 0 aliphatic carbocycles. The van der Waals surface area contributed by atoms with Crippen molar-refractivity contribution >= 4 is 11.4 Å². The smallest absolute Gasteiger partial charge is 0.144 e. The van der Waals surface area contributed by atoms with Crippen molar-refractivity contribution < 1.29 is 4.74 Å². The van der Waals surface area contributed by atoms with Crippen molar-refractivity contribution in [1.82, 2.24) is 4.90 Å². The minimum absolute atomic E-state index is 0.139. The largest absolute Gasteiger partial charge is 0.489 e. The van der Waals surface area contributed by atoms with Crippen LogP contribution in [0.3, 0.4) is 0 Å². The number of nitrogens with two attached hydrogens (primary N) is 1. The molecule has 1 unspecified atom stereocenters. The summed E-state index contributed by atoms with van der Waals surface area (Å²) in [5, 5.41) is 3.51. The van der Waals surface area contributed by atoms with Crippen LogP contribution in [-0.4, -0.2) is 37.2 Å². The number of anilines is 2. The Morgan fingerprint density at radius 3 is 2.90 bits per heavy atom. The Hall–Kier alpha value is -1.42. The lowest BCUT2D eigenvalue weighted by Gasteiger charge is -2.16. The summed E-state index contributed by atoms with van der Waals surface area (Å²) in [7, 11) is 0.